The van der Waals surface area contributed by atoms with E-state index >= 15 is 0 Å². The van der Waals surface area contributed by atoms with Gasteiger partial charge in [-0.3, -0.25) is 9.59 Å². The first-order valence-corrected chi connectivity index (χ1v) is 9.77. The summed E-state index contributed by atoms with van der Waals surface area (Å²) in [5, 5.41) is 21.1. The van der Waals surface area contributed by atoms with Crippen molar-refractivity contribution in [1.29, 1.82) is 0 Å². The van der Waals surface area contributed by atoms with E-state index in [9.17, 15) is 24.2 Å². The molecule has 1 aliphatic rings. The second-order valence-corrected chi connectivity index (χ2v) is 7.35. The number of aromatic hydroxyl groups is 1. The number of ketones is 1. The number of rotatable bonds is 7. The maximum absolute atomic E-state index is 13.3. The van der Waals surface area contributed by atoms with E-state index in [4.69, 9.17) is 9.47 Å². The van der Waals surface area contributed by atoms with Crippen LogP contribution in [-0.4, -0.2) is 53.2 Å². The van der Waals surface area contributed by atoms with Gasteiger partial charge in [-0.2, -0.15) is 0 Å². The van der Waals surface area contributed by atoms with Crippen LogP contribution in [0.2, 0.25) is 0 Å². The van der Waals surface area contributed by atoms with Crippen molar-refractivity contribution in [3.05, 3.63) is 65.0 Å². The molecule has 0 spiro atoms. The van der Waals surface area contributed by atoms with Crippen molar-refractivity contribution in [2.75, 3.05) is 20.3 Å². The van der Waals surface area contributed by atoms with Crippen molar-refractivity contribution < 1.29 is 33.7 Å². The number of aliphatic hydroxyl groups excluding tert-OH is 1. The molecule has 0 bridgehead atoms. The van der Waals surface area contributed by atoms with Crippen LogP contribution >= 0.6 is 0 Å². The number of hydrogen-bond donors (Lipinski definition) is 2. The summed E-state index contributed by atoms with van der Waals surface area (Å²) in [7, 11) is 1.40. The van der Waals surface area contributed by atoms with Crippen LogP contribution in [0.3, 0.4) is 0 Å². The summed E-state index contributed by atoms with van der Waals surface area (Å²) in [5.74, 6) is -2.54. The molecule has 31 heavy (non-hydrogen) atoms. The van der Waals surface area contributed by atoms with Gasteiger partial charge >= 0.3 is 0 Å². The van der Waals surface area contributed by atoms with E-state index in [0.29, 0.717) is 5.56 Å². The van der Waals surface area contributed by atoms with Gasteiger partial charge in [0.2, 0.25) is 0 Å². The minimum Gasteiger partial charge on any atom is -0.507 e. The van der Waals surface area contributed by atoms with Crippen molar-refractivity contribution >= 4 is 17.4 Å². The number of carbonyl (C=O) groups is 2. The minimum absolute atomic E-state index is 0.0699. The largest absolute Gasteiger partial charge is 0.507 e. The third-order valence-corrected chi connectivity index (χ3v) is 4.96. The first kappa shape index (κ1) is 22.3. The Balaban J connectivity index is 2.11. The third kappa shape index (κ3) is 4.54. The predicted octanol–water partition coefficient (Wildman–Crippen LogP) is 3.39. The van der Waals surface area contributed by atoms with Gasteiger partial charge in [0.15, 0.2) is 11.5 Å². The lowest BCUT2D eigenvalue weighted by molar-refractivity contribution is -0.140. The molecule has 2 aromatic carbocycles. The quantitative estimate of drug-likeness (QED) is 0.398. The van der Waals surface area contributed by atoms with E-state index in [1.54, 1.807) is 6.07 Å². The first-order valence-electron chi connectivity index (χ1n) is 9.77. The van der Waals surface area contributed by atoms with E-state index in [-0.39, 0.29) is 41.9 Å². The summed E-state index contributed by atoms with van der Waals surface area (Å²) in [6, 6.07) is 8.47. The maximum atomic E-state index is 13.3. The van der Waals surface area contributed by atoms with Gasteiger partial charge in [0.25, 0.3) is 11.7 Å². The molecule has 0 saturated carbocycles. The molecule has 1 heterocycles. The van der Waals surface area contributed by atoms with Crippen LogP contribution in [0, 0.1) is 5.82 Å². The summed E-state index contributed by atoms with van der Waals surface area (Å²) in [5.41, 5.74) is 0.456. The van der Waals surface area contributed by atoms with Crippen LogP contribution < -0.4 is 4.74 Å². The first-order chi connectivity index (χ1) is 14.7. The minimum atomic E-state index is -0.961. The van der Waals surface area contributed by atoms with Crippen molar-refractivity contribution in [2.45, 2.75) is 26.0 Å². The van der Waals surface area contributed by atoms with E-state index in [0.717, 1.165) is 12.1 Å². The Morgan fingerprint density at radius 2 is 1.84 bits per heavy atom. The van der Waals surface area contributed by atoms with Gasteiger partial charge in [0.1, 0.15) is 11.6 Å². The fraction of sp³-hybridized carbons (Fsp3) is 0.304. The van der Waals surface area contributed by atoms with E-state index in [1.807, 2.05) is 13.8 Å². The zero-order chi connectivity index (χ0) is 22.7. The number of likely N-dealkylation sites (tertiary alicyclic amines) is 1. The predicted molar refractivity (Wildman–Crippen MR) is 111 cm³/mol. The molecule has 1 unspecified atom stereocenters. The van der Waals surface area contributed by atoms with Crippen molar-refractivity contribution in [3.8, 4) is 11.5 Å². The monoisotopic (exact) mass is 429 g/mol. The highest BCUT2D eigenvalue weighted by atomic mass is 19.1. The number of halogens is 1. The lowest BCUT2D eigenvalue weighted by Gasteiger charge is -2.26. The van der Waals surface area contributed by atoms with Gasteiger partial charge in [-0.25, -0.2) is 4.39 Å². The van der Waals surface area contributed by atoms with Crippen LogP contribution in [-0.2, 0) is 14.3 Å². The standard InChI is InChI=1S/C23H24FNO6/c1-13(2)31-11-10-25-20(15-6-9-18(30-3)17(26)12-15)19(22(28)23(25)29)21(27)14-4-7-16(24)8-5-14/h4-9,12-13,20,26-27H,10-11H2,1-3H3/b21-19-. The molecule has 1 saturated heterocycles. The number of Topliss-reactive ketones (excluding diaryl/α,β-unsaturated/α-hetero) is 1. The van der Waals surface area contributed by atoms with E-state index in [2.05, 4.69) is 0 Å². The number of phenolic OH excluding ortho intramolecular Hbond substituents is 1. The second-order valence-electron chi connectivity index (χ2n) is 7.35. The Kier molecular flexibility index (Phi) is 6.60. The maximum Gasteiger partial charge on any atom is 0.295 e. The normalized spacial score (nSPS) is 18.1. The molecule has 2 aromatic rings. The average molecular weight is 429 g/mol. The molecule has 3 rings (SSSR count). The molecule has 1 aliphatic heterocycles. The summed E-state index contributed by atoms with van der Waals surface area (Å²) in [4.78, 5) is 27.0. The fourth-order valence-electron chi connectivity index (χ4n) is 3.48. The molecular weight excluding hydrogens is 405 g/mol. The van der Waals surface area contributed by atoms with Crippen LogP contribution in [0.25, 0.3) is 5.76 Å². The average Bonchev–Trinajstić information content (AvgIpc) is 2.98. The zero-order valence-electron chi connectivity index (χ0n) is 17.5. The smallest absolute Gasteiger partial charge is 0.295 e. The molecule has 0 radical (unpaired) electrons. The van der Waals surface area contributed by atoms with Crippen molar-refractivity contribution in [1.82, 2.24) is 4.90 Å². The Morgan fingerprint density at radius 1 is 1.16 bits per heavy atom. The molecule has 1 amide bonds. The molecule has 8 heteroatoms. The van der Waals surface area contributed by atoms with Gasteiger partial charge in [-0.1, -0.05) is 6.07 Å². The highest BCUT2D eigenvalue weighted by Crippen LogP contribution is 2.41. The fourth-order valence-corrected chi connectivity index (χ4v) is 3.48. The highest BCUT2D eigenvalue weighted by Gasteiger charge is 2.46. The topological polar surface area (TPSA) is 96.3 Å². The van der Waals surface area contributed by atoms with Gasteiger partial charge in [0, 0.05) is 12.1 Å². The van der Waals surface area contributed by atoms with Crippen LogP contribution in [0.4, 0.5) is 4.39 Å². The van der Waals surface area contributed by atoms with Gasteiger partial charge in [0.05, 0.1) is 31.4 Å². The van der Waals surface area contributed by atoms with Crippen LogP contribution in [0.1, 0.15) is 31.0 Å². The molecule has 1 atom stereocenters. The molecule has 0 aliphatic carbocycles. The Morgan fingerprint density at radius 3 is 2.42 bits per heavy atom. The molecule has 2 N–H and O–H groups in total. The number of ether oxygens (including phenoxy) is 2. The number of phenols is 1. The van der Waals surface area contributed by atoms with E-state index in [1.165, 1.54) is 36.3 Å². The SMILES string of the molecule is COc1ccc(C2/C(=C(/O)c3ccc(F)cc3)C(=O)C(=O)N2CCOC(C)C)cc1O. The Bertz CT molecular complexity index is 1020. The van der Waals surface area contributed by atoms with Crippen molar-refractivity contribution in [3.63, 3.8) is 0 Å². The number of hydrogen-bond acceptors (Lipinski definition) is 6. The number of benzene rings is 2. The molecule has 0 aromatic heterocycles. The third-order valence-electron chi connectivity index (χ3n) is 4.96. The molecule has 164 valence electrons. The molecular formula is C23H24FNO6. The Labute approximate surface area is 179 Å². The highest BCUT2D eigenvalue weighted by molar-refractivity contribution is 6.46. The number of carbonyl (C=O) groups excluding carboxylic acids is 2. The van der Waals surface area contributed by atoms with Crippen LogP contribution in [0.15, 0.2) is 48.0 Å². The number of nitrogens with zero attached hydrogens (tertiary/aromatic N) is 1. The van der Waals surface area contributed by atoms with E-state index < -0.39 is 29.3 Å². The summed E-state index contributed by atoms with van der Waals surface area (Å²) in [6.07, 6.45) is -0.0699. The summed E-state index contributed by atoms with van der Waals surface area (Å²) >= 11 is 0. The van der Waals surface area contributed by atoms with Gasteiger partial charge < -0.3 is 24.6 Å². The lowest BCUT2D eigenvalue weighted by atomic mass is 9.95. The van der Waals surface area contributed by atoms with Gasteiger partial charge in [-0.05, 0) is 55.8 Å². The van der Waals surface area contributed by atoms with Gasteiger partial charge in [-0.15, -0.1) is 0 Å². The zero-order valence-corrected chi connectivity index (χ0v) is 17.5. The summed E-state index contributed by atoms with van der Waals surface area (Å²) in [6.45, 7) is 3.98. The summed E-state index contributed by atoms with van der Waals surface area (Å²) < 4.78 is 23.9. The lowest BCUT2D eigenvalue weighted by Crippen LogP contribution is -2.33. The number of aliphatic hydroxyl groups is 1. The molecule has 7 nitrogen and oxygen atoms in total. The van der Waals surface area contributed by atoms with Crippen molar-refractivity contribution in [2.24, 2.45) is 0 Å². The number of amides is 1. The van der Waals surface area contributed by atoms with Crippen LogP contribution in [0.5, 0.6) is 11.5 Å². The second kappa shape index (κ2) is 9.18. The Hall–Kier alpha value is -3.39. The molecule has 1 fully saturated rings. The number of methoxy groups -OCH3 is 1.